The van der Waals surface area contributed by atoms with E-state index in [2.05, 4.69) is 0 Å². The van der Waals surface area contributed by atoms with E-state index in [9.17, 15) is 19.8 Å². The molecule has 6 heteroatoms. The Morgan fingerprint density at radius 2 is 2.17 bits per heavy atom. The highest BCUT2D eigenvalue weighted by Crippen LogP contribution is 2.35. The monoisotopic (exact) mass is 316 g/mol. The summed E-state index contributed by atoms with van der Waals surface area (Å²) in [6.07, 6.45) is 7.11. The Labute approximate surface area is 132 Å². The van der Waals surface area contributed by atoms with Crippen LogP contribution in [-0.2, 0) is 19.1 Å². The molecule has 0 bridgehead atoms. The second-order valence-corrected chi connectivity index (χ2v) is 5.51. The third kappa shape index (κ3) is 3.12. The van der Waals surface area contributed by atoms with Crippen molar-refractivity contribution in [1.29, 1.82) is 0 Å². The van der Waals surface area contributed by atoms with Crippen LogP contribution in [0.2, 0.25) is 0 Å². The number of ketones is 1. The molecule has 0 aromatic rings. The van der Waals surface area contributed by atoms with E-state index < -0.39 is 24.0 Å². The van der Waals surface area contributed by atoms with E-state index in [1.54, 1.807) is 18.2 Å². The van der Waals surface area contributed by atoms with Gasteiger partial charge in [0.05, 0.1) is 11.7 Å². The molecule has 0 saturated carbocycles. The summed E-state index contributed by atoms with van der Waals surface area (Å²) in [4.78, 5) is 23.2. The second-order valence-electron chi connectivity index (χ2n) is 5.51. The van der Waals surface area contributed by atoms with Crippen LogP contribution in [0.5, 0.6) is 0 Å². The van der Waals surface area contributed by atoms with Gasteiger partial charge in [-0.25, -0.2) is 0 Å². The maximum absolute atomic E-state index is 12.1. The number of allylic oxidation sites excluding steroid dienone is 3. The number of esters is 1. The lowest BCUT2D eigenvalue weighted by Crippen LogP contribution is -2.30. The van der Waals surface area contributed by atoms with Crippen LogP contribution in [0.1, 0.15) is 19.8 Å². The Balaban J connectivity index is 1.88. The topological polar surface area (TPSA) is 93.1 Å². The van der Waals surface area contributed by atoms with Gasteiger partial charge >= 0.3 is 5.97 Å². The van der Waals surface area contributed by atoms with Gasteiger partial charge < -0.3 is 19.7 Å². The second kappa shape index (κ2) is 5.89. The van der Waals surface area contributed by atoms with Crippen LogP contribution in [0.3, 0.4) is 0 Å². The molecular weight excluding hydrogens is 300 g/mol. The predicted octanol–water partition coefficient (Wildman–Crippen LogP) is 1.75. The lowest BCUT2D eigenvalue weighted by molar-refractivity contribution is -0.137. The molecule has 3 rings (SSSR count). The smallest absolute Gasteiger partial charge is 0.307 e. The molecular formula is C17H16O6. The van der Waals surface area contributed by atoms with Gasteiger partial charge in [-0.3, -0.25) is 9.59 Å². The van der Waals surface area contributed by atoms with Crippen molar-refractivity contribution in [2.45, 2.75) is 32.0 Å². The average Bonchev–Trinajstić information content (AvgIpc) is 2.46. The number of rotatable bonds is 2. The first-order valence-corrected chi connectivity index (χ1v) is 7.25. The van der Waals surface area contributed by atoms with Crippen molar-refractivity contribution in [3.05, 3.63) is 58.8 Å². The maximum Gasteiger partial charge on any atom is 0.307 e. The molecule has 2 atom stereocenters. The van der Waals surface area contributed by atoms with Crippen LogP contribution in [-0.4, -0.2) is 34.2 Å². The van der Waals surface area contributed by atoms with Gasteiger partial charge in [0.15, 0.2) is 5.78 Å². The number of carbonyl (C=O) groups excluding carboxylic acids is 2. The van der Waals surface area contributed by atoms with Crippen molar-refractivity contribution < 1.29 is 29.3 Å². The number of aliphatic hydroxyl groups excluding tert-OH is 2. The van der Waals surface area contributed by atoms with Gasteiger partial charge in [0.1, 0.15) is 23.4 Å². The van der Waals surface area contributed by atoms with E-state index >= 15 is 0 Å². The van der Waals surface area contributed by atoms with Crippen molar-refractivity contribution in [3.63, 3.8) is 0 Å². The van der Waals surface area contributed by atoms with Crippen LogP contribution in [0, 0.1) is 0 Å². The zero-order valence-electron chi connectivity index (χ0n) is 12.5. The number of aliphatic hydroxyl groups is 2. The van der Waals surface area contributed by atoms with E-state index in [0.29, 0.717) is 12.2 Å². The minimum absolute atomic E-state index is 0.153. The first-order chi connectivity index (χ1) is 10.9. The number of fused-ring (bicyclic) bond motifs is 1. The molecule has 0 amide bonds. The fourth-order valence-electron chi connectivity index (χ4n) is 2.71. The molecule has 2 N–H and O–H groups in total. The first kappa shape index (κ1) is 15.3. The van der Waals surface area contributed by atoms with Gasteiger partial charge in [0, 0.05) is 31.1 Å². The third-order valence-corrected chi connectivity index (χ3v) is 3.72. The lowest BCUT2D eigenvalue weighted by atomic mass is 9.91. The Hall–Kier alpha value is -2.60. The van der Waals surface area contributed by atoms with Crippen molar-refractivity contribution >= 4 is 11.8 Å². The summed E-state index contributed by atoms with van der Waals surface area (Å²) >= 11 is 0. The molecule has 0 radical (unpaired) electrons. The maximum atomic E-state index is 12.1. The van der Waals surface area contributed by atoms with Crippen molar-refractivity contribution in [1.82, 2.24) is 0 Å². The summed E-state index contributed by atoms with van der Waals surface area (Å²) in [6, 6.07) is 0. The molecule has 120 valence electrons. The summed E-state index contributed by atoms with van der Waals surface area (Å²) in [5, 5.41) is 19.6. The Bertz CT molecular complexity index is 719. The summed E-state index contributed by atoms with van der Waals surface area (Å²) in [7, 11) is 0. The van der Waals surface area contributed by atoms with E-state index in [0.717, 1.165) is 5.57 Å². The van der Waals surface area contributed by atoms with Gasteiger partial charge in [0.25, 0.3) is 0 Å². The quantitative estimate of drug-likeness (QED) is 0.754. The molecule has 3 aliphatic rings. The van der Waals surface area contributed by atoms with E-state index in [-0.39, 0.29) is 23.5 Å². The zero-order chi connectivity index (χ0) is 16.6. The SMILES string of the molecule is CC(=O)OC1=CC(=O)C2=C(O)C=C(C3=CCC(O)C=C3)OC2C1. The Kier molecular flexibility index (Phi) is 3.92. The predicted molar refractivity (Wildman–Crippen MR) is 79.9 cm³/mol. The molecule has 0 aromatic heterocycles. The largest absolute Gasteiger partial charge is 0.507 e. The van der Waals surface area contributed by atoms with Crippen LogP contribution in [0.4, 0.5) is 0 Å². The molecule has 0 spiro atoms. The molecule has 1 heterocycles. The Morgan fingerprint density at radius 3 is 2.83 bits per heavy atom. The fraction of sp³-hybridized carbons (Fsp3) is 0.294. The van der Waals surface area contributed by atoms with Gasteiger partial charge in [-0.05, 0) is 6.42 Å². The van der Waals surface area contributed by atoms with Gasteiger partial charge in [0.2, 0.25) is 0 Å². The number of hydrogen-bond donors (Lipinski definition) is 2. The van der Waals surface area contributed by atoms with E-state index in [1.807, 2.05) is 0 Å². The highest BCUT2D eigenvalue weighted by atomic mass is 16.5. The highest BCUT2D eigenvalue weighted by molar-refractivity contribution is 6.07. The van der Waals surface area contributed by atoms with Crippen molar-refractivity contribution in [2.75, 3.05) is 0 Å². The fourth-order valence-corrected chi connectivity index (χ4v) is 2.71. The molecule has 23 heavy (non-hydrogen) atoms. The van der Waals surface area contributed by atoms with Crippen LogP contribution in [0.25, 0.3) is 0 Å². The normalized spacial score (nSPS) is 26.7. The van der Waals surface area contributed by atoms with Crippen LogP contribution in [0.15, 0.2) is 58.8 Å². The zero-order valence-corrected chi connectivity index (χ0v) is 12.5. The molecule has 1 aliphatic heterocycles. The summed E-state index contributed by atoms with van der Waals surface area (Å²) in [6.45, 7) is 1.25. The summed E-state index contributed by atoms with van der Waals surface area (Å²) < 4.78 is 10.8. The first-order valence-electron chi connectivity index (χ1n) is 7.25. The molecule has 2 aliphatic carbocycles. The van der Waals surface area contributed by atoms with Gasteiger partial charge in [-0.2, -0.15) is 0 Å². The number of ether oxygens (including phenoxy) is 2. The number of hydrogen-bond acceptors (Lipinski definition) is 6. The highest BCUT2D eigenvalue weighted by Gasteiger charge is 2.35. The molecule has 0 aromatic carbocycles. The summed E-state index contributed by atoms with van der Waals surface area (Å²) in [5.41, 5.74) is 0.877. The third-order valence-electron chi connectivity index (χ3n) is 3.72. The summed E-state index contributed by atoms with van der Waals surface area (Å²) in [5.74, 6) is -0.474. The molecule has 0 saturated heterocycles. The van der Waals surface area contributed by atoms with E-state index in [1.165, 1.54) is 19.1 Å². The van der Waals surface area contributed by atoms with Gasteiger partial charge in [-0.15, -0.1) is 0 Å². The number of carbonyl (C=O) groups is 2. The molecule has 6 nitrogen and oxygen atoms in total. The Morgan fingerprint density at radius 1 is 1.39 bits per heavy atom. The molecule has 2 unspecified atom stereocenters. The van der Waals surface area contributed by atoms with Crippen LogP contribution < -0.4 is 0 Å². The van der Waals surface area contributed by atoms with E-state index in [4.69, 9.17) is 9.47 Å². The van der Waals surface area contributed by atoms with Crippen LogP contribution >= 0.6 is 0 Å². The van der Waals surface area contributed by atoms with Crippen molar-refractivity contribution in [3.8, 4) is 0 Å². The average molecular weight is 316 g/mol. The minimum atomic E-state index is -0.706. The van der Waals surface area contributed by atoms with Crippen molar-refractivity contribution in [2.24, 2.45) is 0 Å². The van der Waals surface area contributed by atoms with Gasteiger partial charge in [-0.1, -0.05) is 18.2 Å². The minimum Gasteiger partial charge on any atom is -0.507 e. The lowest BCUT2D eigenvalue weighted by Gasteiger charge is -2.30. The molecule has 0 fully saturated rings. The standard InChI is InChI=1S/C17H16O6/c1-9(18)22-12-6-13(20)17-14(21)8-15(23-16(17)7-12)10-2-4-11(19)5-3-10/h2-4,6,8,11,16,19,21H,5,7H2,1H3.